The van der Waals surface area contributed by atoms with Gasteiger partial charge < -0.3 is 9.73 Å². The molecule has 0 saturated carbocycles. The van der Waals surface area contributed by atoms with E-state index < -0.39 is 0 Å². The fraction of sp³-hybridized carbons (Fsp3) is 0.385. The number of nitrogens with one attached hydrogen (secondary N) is 1. The van der Waals surface area contributed by atoms with Crippen molar-refractivity contribution in [2.24, 2.45) is 0 Å². The fourth-order valence-electron chi connectivity index (χ4n) is 1.52. The van der Waals surface area contributed by atoms with Crippen LogP contribution in [0.4, 0.5) is 0 Å². The summed E-state index contributed by atoms with van der Waals surface area (Å²) < 4.78 is 5.48. The third-order valence-electron chi connectivity index (χ3n) is 2.63. The molecule has 0 radical (unpaired) electrons. The van der Waals surface area contributed by atoms with Crippen molar-refractivity contribution in [3.63, 3.8) is 0 Å². The van der Waals surface area contributed by atoms with Crippen LogP contribution in [0.3, 0.4) is 0 Å². The number of nitrogens with zero attached hydrogens (tertiary/aromatic N) is 2. The largest absolute Gasteiger partial charge is 0.444 e. The number of hydrogen-bond donors (Lipinski definition) is 1. The van der Waals surface area contributed by atoms with Gasteiger partial charge in [-0.05, 0) is 32.4 Å². The minimum atomic E-state index is 0.629. The van der Waals surface area contributed by atoms with Crippen molar-refractivity contribution in [3.05, 3.63) is 46.9 Å². The summed E-state index contributed by atoms with van der Waals surface area (Å²) in [4.78, 5) is 8.62. The van der Waals surface area contributed by atoms with Gasteiger partial charge in [0.05, 0.1) is 17.9 Å². The molecule has 0 fully saturated rings. The van der Waals surface area contributed by atoms with Crippen LogP contribution in [0.5, 0.6) is 0 Å². The third kappa shape index (κ3) is 3.14. The molecule has 2 heterocycles. The molecule has 0 aliphatic carbocycles. The van der Waals surface area contributed by atoms with Crippen molar-refractivity contribution in [3.8, 4) is 0 Å². The molecule has 0 saturated heterocycles. The molecule has 0 aromatic carbocycles. The lowest BCUT2D eigenvalue weighted by Crippen LogP contribution is -2.13. The van der Waals surface area contributed by atoms with Gasteiger partial charge in [0.2, 0.25) is 5.89 Å². The Morgan fingerprint density at radius 2 is 2.00 bits per heavy atom. The van der Waals surface area contributed by atoms with E-state index in [1.807, 2.05) is 33.0 Å². The lowest BCUT2D eigenvalue weighted by atomic mass is 10.3. The summed E-state index contributed by atoms with van der Waals surface area (Å²) in [6.07, 6.45) is 1.87. The Bertz CT molecular complexity index is 468. The van der Waals surface area contributed by atoms with Gasteiger partial charge in [-0.1, -0.05) is 6.07 Å². The third-order valence-corrected chi connectivity index (χ3v) is 2.63. The van der Waals surface area contributed by atoms with Crippen molar-refractivity contribution in [1.82, 2.24) is 15.3 Å². The minimum Gasteiger partial charge on any atom is -0.444 e. The van der Waals surface area contributed by atoms with Gasteiger partial charge >= 0.3 is 0 Å². The molecule has 2 rings (SSSR count). The van der Waals surface area contributed by atoms with Gasteiger partial charge in [0.15, 0.2) is 0 Å². The summed E-state index contributed by atoms with van der Waals surface area (Å²) >= 11 is 0. The van der Waals surface area contributed by atoms with Crippen LogP contribution in [0.15, 0.2) is 22.7 Å². The fourth-order valence-corrected chi connectivity index (χ4v) is 1.52. The number of pyridine rings is 1. The average molecular weight is 231 g/mol. The van der Waals surface area contributed by atoms with Crippen LogP contribution in [0, 0.1) is 20.8 Å². The zero-order chi connectivity index (χ0) is 12.3. The predicted molar refractivity (Wildman–Crippen MR) is 65.5 cm³/mol. The van der Waals surface area contributed by atoms with Gasteiger partial charge in [0.1, 0.15) is 5.76 Å². The monoisotopic (exact) mass is 231 g/mol. The van der Waals surface area contributed by atoms with E-state index in [-0.39, 0.29) is 0 Å². The maximum Gasteiger partial charge on any atom is 0.208 e. The average Bonchev–Trinajstić information content (AvgIpc) is 2.61. The van der Waals surface area contributed by atoms with E-state index in [0.717, 1.165) is 29.6 Å². The highest BCUT2D eigenvalue weighted by molar-refractivity contribution is 5.12. The summed E-state index contributed by atoms with van der Waals surface area (Å²) in [6, 6.07) is 4.08. The van der Waals surface area contributed by atoms with Crippen molar-refractivity contribution in [1.29, 1.82) is 0 Å². The number of hydrogen-bond acceptors (Lipinski definition) is 4. The van der Waals surface area contributed by atoms with Gasteiger partial charge in [-0.25, -0.2) is 4.98 Å². The topological polar surface area (TPSA) is 51.0 Å². The maximum atomic E-state index is 5.48. The zero-order valence-corrected chi connectivity index (χ0v) is 10.4. The molecule has 1 N–H and O–H groups in total. The van der Waals surface area contributed by atoms with Crippen molar-refractivity contribution in [2.45, 2.75) is 33.9 Å². The number of oxazole rings is 1. The summed E-state index contributed by atoms with van der Waals surface area (Å²) in [5, 5.41) is 3.26. The molecule has 2 aromatic rings. The maximum absolute atomic E-state index is 5.48. The van der Waals surface area contributed by atoms with Gasteiger partial charge in [-0.2, -0.15) is 0 Å². The van der Waals surface area contributed by atoms with Gasteiger partial charge in [-0.15, -0.1) is 0 Å². The van der Waals surface area contributed by atoms with Crippen LogP contribution < -0.4 is 5.32 Å². The number of aromatic nitrogens is 2. The van der Waals surface area contributed by atoms with Crippen molar-refractivity contribution < 1.29 is 4.42 Å². The van der Waals surface area contributed by atoms with Crippen LogP contribution in [-0.2, 0) is 13.1 Å². The second kappa shape index (κ2) is 5.10. The first kappa shape index (κ1) is 11.8. The minimum absolute atomic E-state index is 0.629. The molecule has 4 heteroatoms. The highest BCUT2D eigenvalue weighted by atomic mass is 16.4. The van der Waals surface area contributed by atoms with Crippen LogP contribution in [0.25, 0.3) is 0 Å². The summed E-state index contributed by atoms with van der Waals surface area (Å²) in [7, 11) is 0. The first-order chi connectivity index (χ1) is 8.15. The normalized spacial score (nSPS) is 10.8. The number of rotatable bonds is 4. The Balaban J connectivity index is 1.85. The zero-order valence-electron chi connectivity index (χ0n) is 10.4. The Hall–Kier alpha value is -1.68. The molecule has 0 amide bonds. The van der Waals surface area contributed by atoms with Gasteiger partial charge in [0.25, 0.3) is 0 Å². The van der Waals surface area contributed by atoms with Crippen LogP contribution in [0.2, 0.25) is 0 Å². The first-order valence-corrected chi connectivity index (χ1v) is 5.70. The first-order valence-electron chi connectivity index (χ1n) is 5.70. The van der Waals surface area contributed by atoms with E-state index in [2.05, 4.69) is 21.4 Å². The van der Waals surface area contributed by atoms with E-state index in [1.54, 1.807) is 0 Å². The Kier molecular flexibility index (Phi) is 3.54. The summed E-state index contributed by atoms with van der Waals surface area (Å²) in [6.45, 7) is 7.25. The molecule has 0 aliphatic heterocycles. The molecule has 0 bridgehead atoms. The molecule has 90 valence electrons. The lowest BCUT2D eigenvalue weighted by molar-refractivity contribution is 0.448. The van der Waals surface area contributed by atoms with E-state index in [1.165, 1.54) is 5.56 Å². The Morgan fingerprint density at radius 1 is 1.18 bits per heavy atom. The molecule has 17 heavy (non-hydrogen) atoms. The molecule has 0 unspecified atom stereocenters. The lowest BCUT2D eigenvalue weighted by Gasteiger charge is -2.01. The molecular weight excluding hydrogens is 214 g/mol. The second-order valence-corrected chi connectivity index (χ2v) is 4.18. The highest BCUT2D eigenvalue weighted by Gasteiger charge is 2.04. The van der Waals surface area contributed by atoms with Crippen LogP contribution >= 0.6 is 0 Å². The predicted octanol–water partition coefficient (Wildman–Crippen LogP) is 2.28. The van der Waals surface area contributed by atoms with Gasteiger partial charge in [-0.3, -0.25) is 4.98 Å². The van der Waals surface area contributed by atoms with Crippen LogP contribution in [0.1, 0.15) is 28.6 Å². The van der Waals surface area contributed by atoms with E-state index in [0.29, 0.717) is 6.54 Å². The van der Waals surface area contributed by atoms with Crippen molar-refractivity contribution in [2.75, 3.05) is 0 Å². The van der Waals surface area contributed by atoms with E-state index in [4.69, 9.17) is 4.42 Å². The SMILES string of the molecule is Cc1ccc(CNCc2nc(C)c(C)o2)nc1. The quantitative estimate of drug-likeness (QED) is 0.877. The molecule has 0 atom stereocenters. The van der Waals surface area contributed by atoms with Crippen LogP contribution in [-0.4, -0.2) is 9.97 Å². The molecular formula is C13H17N3O. The Morgan fingerprint density at radius 3 is 2.59 bits per heavy atom. The Labute approximate surface area is 101 Å². The van der Waals surface area contributed by atoms with E-state index >= 15 is 0 Å². The molecule has 0 aliphatic rings. The molecule has 4 nitrogen and oxygen atoms in total. The summed E-state index contributed by atoms with van der Waals surface area (Å²) in [5.74, 6) is 1.61. The summed E-state index contributed by atoms with van der Waals surface area (Å²) in [5.41, 5.74) is 3.15. The van der Waals surface area contributed by atoms with Crippen molar-refractivity contribution >= 4 is 0 Å². The van der Waals surface area contributed by atoms with E-state index in [9.17, 15) is 0 Å². The molecule has 0 spiro atoms. The van der Waals surface area contributed by atoms with Gasteiger partial charge in [0, 0.05) is 12.7 Å². The molecule has 2 aromatic heterocycles. The second-order valence-electron chi connectivity index (χ2n) is 4.18. The highest BCUT2D eigenvalue weighted by Crippen LogP contribution is 2.07. The standard InChI is InChI=1S/C13H17N3O/c1-9-4-5-12(15-6-9)7-14-8-13-16-10(2)11(3)17-13/h4-6,14H,7-8H2,1-3H3. The number of aryl methyl sites for hydroxylation is 3. The smallest absolute Gasteiger partial charge is 0.208 e.